The summed E-state index contributed by atoms with van der Waals surface area (Å²) >= 11 is 1.44. The van der Waals surface area contributed by atoms with E-state index in [-0.39, 0.29) is 17.2 Å². The molecule has 1 aliphatic heterocycles. The lowest BCUT2D eigenvalue weighted by atomic mass is 9.89. The summed E-state index contributed by atoms with van der Waals surface area (Å²) in [5, 5.41) is 14.7. The highest BCUT2D eigenvalue weighted by Crippen LogP contribution is 2.42. The molecule has 0 unspecified atom stereocenters. The molecule has 2 aromatic heterocycles. The highest BCUT2D eigenvalue weighted by Gasteiger charge is 2.31. The maximum atomic E-state index is 13.7. The van der Waals surface area contributed by atoms with Gasteiger partial charge in [-0.05, 0) is 68.0 Å². The largest absolute Gasteiger partial charge is 0.507 e. The second-order valence-corrected chi connectivity index (χ2v) is 11.0. The number of aryl methyl sites for hydroxylation is 2. The molecule has 1 saturated heterocycles. The van der Waals surface area contributed by atoms with E-state index in [9.17, 15) is 9.90 Å². The Kier molecular flexibility index (Phi) is 7.00. The lowest BCUT2D eigenvalue weighted by Crippen LogP contribution is -2.34. The van der Waals surface area contributed by atoms with Gasteiger partial charge >= 0.3 is 0 Å². The molecule has 0 aliphatic carbocycles. The molecule has 1 atom stereocenters. The molecule has 0 bridgehead atoms. The number of thiazole rings is 1. The van der Waals surface area contributed by atoms with E-state index in [2.05, 4.69) is 48.0 Å². The van der Waals surface area contributed by atoms with Crippen LogP contribution in [-0.4, -0.2) is 28.1 Å². The van der Waals surface area contributed by atoms with Gasteiger partial charge in [-0.2, -0.15) is 0 Å². The van der Waals surface area contributed by atoms with Gasteiger partial charge < -0.3 is 9.52 Å². The van der Waals surface area contributed by atoms with Gasteiger partial charge in [0.15, 0.2) is 0 Å². The van der Waals surface area contributed by atoms with Crippen molar-refractivity contribution in [2.75, 3.05) is 13.1 Å². The first-order valence-electron chi connectivity index (χ1n) is 13.0. The Labute approximate surface area is 216 Å². The van der Waals surface area contributed by atoms with E-state index in [0.29, 0.717) is 39.4 Å². The normalized spacial score (nSPS) is 15.6. The first-order chi connectivity index (χ1) is 17.4. The number of nitrogens with zero attached hydrogens (tertiary/aromatic N) is 2. The Hall–Kier alpha value is -2.96. The van der Waals surface area contributed by atoms with E-state index < -0.39 is 0 Å². The molecule has 6 heteroatoms. The average molecular weight is 503 g/mol. The fourth-order valence-corrected chi connectivity index (χ4v) is 6.09. The second-order valence-electron chi connectivity index (χ2n) is 10.1. The van der Waals surface area contributed by atoms with Crippen LogP contribution < -0.4 is 5.43 Å². The zero-order chi connectivity index (χ0) is 25.4. The maximum Gasteiger partial charge on any atom is 0.202 e. The fraction of sp³-hybridized carbons (Fsp3) is 0.400. The number of benzene rings is 2. The number of hydrogen-bond acceptors (Lipinski definition) is 6. The molecule has 3 heterocycles. The van der Waals surface area contributed by atoms with E-state index >= 15 is 0 Å². The lowest BCUT2D eigenvalue weighted by Gasteiger charge is -2.36. The molecule has 1 aliphatic rings. The minimum absolute atomic E-state index is 0.103. The molecule has 0 radical (unpaired) electrons. The number of piperidine rings is 1. The summed E-state index contributed by atoms with van der Waals surface area (Å²) in [4.78, 5) is 20.7. The van der Waals surface area contributed by atoms with Crippen LogP contribution in [0.5, 0.6) is 5.75 Å². The molecule has 188 valence electrons. The zero-order valence-electron chi connectivity index (χ0n) is 21.5. The highest BCUT2D eigenvalue weighted by molar-refractivity contribution is 7.13. The van der Waals surface area contributed by atoms with Crippen molar-refractivity contribution in [3.63, 3.8) is 0 Å². The summed E-state index contributed by atoms with van der Waals surface area (Å²) in [6, 6.07) is 10.3. The van der Waals surface area contributed by atoms with Crippen molar-refractivity contribution in [1.29, 1.82) is 0 Å². The molecular weight excluding hydrogens is 468 g/mol. The van der Waals surface area contributed by atoms with Gasteiger partial charge in [-0.1, -0.05) is 51.5 Å². The molecule has 5 nitrogen and oxygen atoms in total. The van der Waals surface area contributed by atoms with Crippen LogP contribution in [0.2, 0.25) is 0 Å². The Balaban J connectivity index is 1.76. The van der Waals surface area contributed by atoms with Crippen molar-refractivity contribution in [2.24, 2.45) is 0 Å². The molecule has 0 saturated carbocycles. The number of phenols is 1. The van der Waals surface area contributed by atoms with Gasteiger partial charge in [0.1, 0.15) is 22.6 Å². The van der Waals surface area contributed by atoms with Crippen molar-refractivity contribution in [3.05, 3.63) is 80.1 Å². The zero-order valence-corrected chi connectivity index (χ0v) is 22.3. The maximum absolute atomic E-state index is 13.7. The van der Waals surface area contributed by atoms with Gasteiger partial charge in [0.2, 0.25) is 5.43 Å². The first kappa shape index (κ1) is 24.7. The summed E-state index contributed by atoms with van der Waals surface area (Å²) in [7, 11) is 0. The van der Waals surface area contributed by atoms with E-state index in [0.717, 1.165) is 42.8 Å². The number of phenolic OH excluding ortho intramolecular Hbond substituents is 1. The van der Waals surface area contributed by atoms with Gasteiger partial charge in [0.25, 0.3) is 0 Å². The quantitative estimate of drug-likeness (QED) is 0.302. The highest BCUT2D eigenvalue weighted by atomic mass is 32.1. The minimum atomic E-state index is -0.198. The van der Waals surface area contributed by atoms with E-state index in [1.807, 2.05) is 19.2 Å². The van der Waals surface area contributed by atoms with Crippen LogP contribution >= 0.6 is 11.3 Å². The van der Waals surface area contributed by atoms with Crippen molar-refractivity contribution >= 4 is 22.3 Å². The monoisotopic (exact) mass is 502 g/mol. The summed E-state index contributed by atoms with van der Waals surface area (Å²) in [6.07, 6.45) is 5.58. The van der Waals surface area contributed by atoms with Gasteiger partial charge in [0, 0.05) is 11.1 Å². The predicted octanol–water partition coefficient (Wildman–Crippen LogP) is 7.19. The standard InChI is InChI=1S/C30H34N2O3S/c1-5-20-15-23-28(34)24(30-31-19(4)17-36-30)16-35-29(23)25(27(20)33)26(32-13-7-6-8-14-32)22-11-9-21(10-12-22)18(2)3/h9-12,15-18,26,33H,5-8,13-14H2,1-4H3/t26-/m1/s1. The fourth-order valence-electron chi connectivity index (χ4n) is 5.29. The third-order valence-electron chi connectivity index (χ3n) is 7.33. The number of rotatable bonds is 6. The smallest absolute Gasteiger partial charge is 0.202 e. The number of aromatic nitrogens is 1. The lowest BCUT2D eigenvalue weighted by molar-refractivity contribution is 0.185. The minimum Gasteiger partial charge on any atom is -0.507 e. The van der Waals surface area contributed by atoms with Crippen LogP contribution in [0, 0.1) is 6.92 Å². The molecule has 5 rings (SSSR count). The van der Waals surface area contributed by atoms with Crippen LogP contribution in [-0.2, 0) is 6.42 Å². The summed E-state index contributed by atoms with van der Waals surface area (Å²) in [5.74, 6) is 0.672. The molecule has 1 N–H and O–H groups in total. The molecule has 0 spiro atoms. The number of hydrogen-bond donors (Lipinski definition) is 1. The third kappa shape index (κ3) is 4.48. The summed E-state index contributed by atoms with van der Waals surface area (Å²) in [5.41, 5.74) is 5.56. The van der Waals surface area contributed by atoms with Crippen LogP contribution in [0.15, 0.2) is 51.2 Å². The first-order valence-corrected chi connectivity index (χ1v) is 13.8. The van der Waals surface area contributed by atoms with Gasteiger partial charge in [0.05, 0.1) is 22.6 Å². The SMILES string of the molecule is CCc1cc2c(=O)c(-c3nc(C)cs3)coc2c([C@@H](c2ccc(C(C)C)cc2)N2CCCCC2)c1O. The number of aromatic hydroxyl groups is 1. The van der Waals surface area contributed by atoms with Crippen molar-refractivity contribution < 1.29 is 9.52 Å². The summed E-state index contributed by atoms with van der Waals surface area (Å²) < 4.78 is 6.23. The summed E-state index contributed by atoms with van der Waals surface area (Å²) in [6.45, 7) is 10.2. The third-order valence-corrected chi connectivity index (χ3v) is 8.32. The Morgan fingerprint density at radius 2 is 1.81 bits per heavy atom. The van der Waals surface area contributed by atoms with Crippen LogP contribution in [0.3, 0.4) is 0 Å². The predicted molar refractivity (Wildman–Crippen MR) is 147 cm³/mol. The molecule has 36 heavy (non-hydrogen) atoms. The van der Waals surface area contributed by atoms with Crippen molar-refractivity contribution in [3.8, 4) is 16.3 Å². The van der Waals surface area contributed by atoms with Gasteiger partial charge in [-0.15, -0.1) is 11.3 Å². The van der Waals surface area contributed by atoms with Gasteiger partial charge in [-0.25, -0.2) is 4.98 Å². The van der Waals surface area contributed by atoms with E-state index in [1.165, 1.54) is 29.6 Å². The van der Waals surface area contributed by atoms with Crippen LogP contribution in [0.4, 0.5) is 0 Å². The number of fused-ring (bicyclic) bond motifs is 1. The van der Waals surface area contributed by atoms with E-state index in [1.54, 1.807) is 6.07 Å². The molecule has 1 fully saturated rings. The van der Waals surface area contributed by atoms with E-state index in [4.69, 9.17) is 4.42 Å². The molecule has 2 aromatic carbocycles. The van der Waals surface area contributed by atoms with Crippen LogP contribution in [0.25, 0.3) is 21.5 Å². The topological polar surface area (TPSA) is 66.6 Å². The van der Waals surface area contributed by atoms with Crippen molar-refractivity contribution in [2.45, 2.75) is 65.3 Å². The average Bonchev–Trinajstić information content (AvgIpc) is 3.32. The Morgan fingerprint density at radius 3 is 2.42 bits per heavy atom. The Bertz CT molecular complexity index is 1430. The molecular formula is C30H34N2O3S. The second kappa shape index (κ2) is 10.2. The van der Waals surface area contributed by atoms with Crippen LogP contribution in [0.1, 0.15) is 79.9 Å². The molecule has 4 aromatic rings. The molecule has 0 amide bonds. The van der Waals surface area contributed by atoms with Crippen molar-refractivity contribution in [1.82, 2.24) is 9.88 Å². The van der Waals surface area contributed by atoms with Gasteiger partial charge in [-0.3, -0.25) is 9.69 Å². The Morgan fingerprint density at radius 1 is 1.11 bits per heavy atom. The number of likely N-dealkylation sites (tertiary alicyclic amines) is 1.